The minimum absolute atomic E-state index is 0.0120. The van der Waals surface area contributed by atoms with Crippen molar-refractivity contribution in [2.75, 3.05) is 5.73 Å². The number of carbonyl (C=O) groups excluding carboxylic acids is 1. The molecule has 0 unspecified atom stereocenters. The van der Waals surface area contributed by atoms with Crippen LogP contribution >= 0.6 is 0 Å². The number of hydrogen-bond donors (Lipinski definition) is 2. The van der Waals surface area contributed by atoms with Crippen molar-refractivity contribution >= 4 is 17.3 Å². The van der Waals surface area contributed by atoms with Gasteiger partial charge in [-0.25, -0.2) is 4.98 Å². The molecule has 1 aromatic carbocycles. The van der Waals surface area contributed by atoms with Crippen LogP contribution in [-0.2, 0) is 13.6 Å². The molecule has 3 N–H and O–H groups in total. The van der Waals surface area contributed by atoms with Crippen molar-refractivity contribution in [1.82, 2.24) is 20.1 Å². The van der Waals surface area contributed by atoms with Crippen LogP contribution in [0.15, 0.2) is 24.5 Å². The highest BCUT2D eigenvalue weighted by Gasteiger charge is 2.15. The molecule has 2 rings (SSSR count). The standard InChI is InChI=1S/C11H12N6O3/c1-16-6-14-10(15-16)5-13-11(18)7-2-3-8(12)9(4-7)17(19)20/h2-4,6H,5,12H2,1H3,(H,13,18). The number of rotatable bonds is 4. The average Bonchev–Trinajstić information content (AvgIpc) is 2.82. The molecular weight excluding hydrogens is 264 g/mol. The number of aromatic nitrogens is 3. The molecule has 0 atom stereocenters. The van der Waals surface area contributed by atoms with Crippen molar-refractivity contribution in [1.29, 1.82) is 0 Å². The summed E-state index contributed by atoms with van der Waals surface area (Å²) in [6.45, 7) is 0.137. The minimum Gasteiger partial charge on any atom is -0.393 e. The quantitative estimate of drug-likeness (QED) is 0.467. The Bertz CT molecular complexity index is 666. The van der Waals surface area contributed by atoms with Gasteiger partial charge in [-0.2, -0.15) is 5.10 Å². The van der Waals surface area contributed by atoms with Crippen molar-refractivity contribution in [2.24, 2.45) is 7.05 Å². The molecule has 0 radical (unpaired) electrons. The lowest BCUT2D eigenvalue weighted by molar-refractivity contribution is -0.383. The molecule has 0 aliphatic heterocycles. The predicted octanol–water partition coefficient (Wildman–Crippen LogP) is 0.236. The third-order valence-electron chi connectivity index (χ3n) is 2.54. The second-order valence-electron chi connectivity index (χ2n) is 4.05. The Hall–Kier alpha value is -2.97. The van der Waals surface area contributed by atoms with Gasteiger partial charge in [0.05, 0.1) is 11.5 Å². The molecule has 9 heteroatoms. The first-order valence-corrected chi connectivity index (χ1v) is 5.64. The van der Waals surface area contributed by atoms with Crippen LogP contribution in [0, 0.1) is 10.1 Å². The van der Waals surface area contributed by atoms with Crippen LogP contribution in [0.25, 0.3) is 0 Å². The van der Waals surface area contributed by atoms with E-state index in [2.05, 4.69) is 15.4 Å². The molecule has 1 heterocycles. The van der Waals surface area contributed by atoms with Crippen LogP contribution in [0.2, 0.25) is 0 Å². The summed E-state index contributed by atoms with van der Waals surface area (Å²) in [7, 11) is 1.71. The van der Waals surface area contributed by atoms with Gasteiger partial charge >= 0.3 is 0 Å². The van der Waals surface area contributed by atoms with Gasteiger partial charge in [0.25, 0.3) is 11.6 Å². The fourth-order valence-corrected chi connectivity index (χ4v) is 1.57. The van der Waals surface area contributed by atoms with E-state index >= 15 is 0 Å². The van der Waals surface area contributed by atoms with Crippen LogP contribution in [0.3, 0.4) is 0 Å². The molecule has 2 aromatic rings. The van der Waals surface area contributed by atoms with Gasteiger partial charge in [0.15, 0.2) is 5.82 Å². The zero-order valence-corrected chi connectivity index (χ0v) is 10.6. The van der Waals surface area contributed by atoms with Gasteiger partial charge in [0, 0.05) is 18.7 Å². The first kappa shape index (κ1) is 13.5. The summed E-state index contributed by atoms with van der Waals surface area (Å²) in [4.78, 5) is 25.9. The highest BCUT2D eigenvalue weighted by Crippen LogP contribution is 2.22. The monoisotopic (exact) mass is 276 g/mol. The number of nitrogens with zero attached hydrogens (tertiary/aromatic N) is 4. The largest absolute Gasteiger partial charge is 0.393 e. The minimum atomic E-state index is -0.633. The van der Waals surface area contributed by atoms with Crippen molar-refractivity contribution in [3.05, 3.63) is 46.0 Å². The third kappa shape index (κ3) is 2.88. The number of nitro groups is 1. The number of benzene rings is 1. The van der Waals surface area contributed by atoms with Gasteiger partial charge in [-0.3, -0.25) is 19.6 Å². The highest BCUT2D eigenvalue weighted by atomic mass is 16.6. The van der Waals surface area contributed by atoms with E-state index in [1.54, 1.807) is 7.05 Å². The van der Waals surface area contributed by atoms with Gasteiger partial charge in [-0.05, 0) is 12.1 Å². The smallest absolute Gasteiger partial charge is 0.292 e. The lowest BCUT2D eigenvalue weighted by Crippen LogP contribution is -2.23. The number of nitrogens with two attached hydrogens (primary N) is 1. The lowest BCUT2D eigenvalue weighted by Gasteiger charge is -2.04. The van der Waals surface area contributed by atoms with E-state index in [0.717, 1.165) is 6.07 Å². The van der Waals surface area contributed by atoms with Gasteiger partial charge in [0.2, 0.25) is 0 Å². The Labute approximate surface area is 113 Å². The summed E-state index contributed by atoms with van der Waals surface area (Å²) < 4.78 is 1.51. The molecule has 0 saturated heterocycles. The van der Waals surface area contributed by atoms with Gasteiger partial charge in [-0.1, -0.05) is 0 Å². The molecule has 0 aliphatic rings. The van der Waals surface area contributed by atoms with Crippen molar-refractivity contribution in [3.8, 4) is 0 Å². The topological polar surface area (TPSA) is 129 Å². The van der Waals surface area contributed by atoms with Crippen LogP contribution in [0.5, 0.6) is 0 Å². The molecular formula is C11H12N6O3. The number of aryl methyl sites for hydroxylation is 1. The fourth-order valence-electron chi connectivity index (χ4n) is 1.57. The van der Waals surface area contributed by atoms with E-state index < -0.39 is 10.8 Å². The molecule has 1 aromatic heterocycles. The summed E-state index contributed by atoms with van der Waals surface area (Å²) in [5, 5.41) is 17.3. The fraction of sp³-hybridized carbons (Fsp3) is 0.182. The maximum absolute atomic E-state index is 11.9. The molecule has 1 amide bonds. The summed E-state index contributed by atoms with van der Waals surface area (Å²) in [6, 6.07) is 3.88. The number of hydrogen-bond acceptors (Lipinski definition) is 6. The van der Waals surface area contributed by atoms with Crippen molar-refractivity contribution in [2.45, 2.75) is 6.54 Å². The molecule has 104 valence electrons. The highest BCUT2D eigenvalue weighted by molar-refractivity contribution is 5.95. The van der Waals surface area contributed by atoms with E-state index in [4.69, 9.17) is 5.73 Å². The van der Waals surface area contributed by atoms with E-state index in [9.17, 15) is 14.9 Å². The third-order valence-corrected chi connectivity index (χ3v) is 2.54. The number of carbonyl (C=O) groups is 1. The Morgan fingerprint density at radius 3 is 2.90 bits per heavy atom. The Kier molecular flexibility index (Phi) is 3.60. The SMILES string of the molecule is Cn1cnc(CNC(=O)c2ccc(N)c([N+](=O)[O-])c2)n1. The van der Waals surface area contributed by atoms with E-state index in [-0.39, 0.29) is 23.5 Å². The van der Waals surface area contributed by atoms with Crippen molar-refractivity contribution < 1.29 is 9.72 Å². The Morgan fingerprint density at radius 1 is 1.55 bits per heavy atom. The maximum atomic E-state index is 11.9. The summed E-state index contributed by atoms with van der Waals surface area (Å²) in [5.74, 6) is -0.00801. The number of amides is 1. The molecule has 0 bridgehead atoms. The van der Waals surface area contributed by atoms with Crippen LogP contribution < -0.4 is 11.1 Å². The van der Waals surface area contributed by atoms with Gasteiger partial charge < -0.3 is 11.1 Å². The maximum Gasteiger partial charge on any atom is 0.292 e. The predicted molar refractivity (Wildman–Crippen MR) is 69.7 cm³/mol. The molecule has 0 spiro atoms. The summed E-state index contributed by atoms with van der Waals surface area (Å²) in [5.41, 5.74) is 5.33. The zero-order chi connectivity index (χ0) is 14.7. The molecule has 0 aliphatic carbocycles. The normalized spacial score (nSPS) is 10.2. The molecule has 20 heavy (non-hydrogen) atoms. The Morgan fingerprint density at radius 2 is 2.30 bits per heavy atom. The number of nitrogen functional groups attached to an aromatic ring is 1. The molecule has 0 saturated carbocycles. The first-order chi connectivity index (χ1) is 9.47. The average molecular weight is 276 g/mol. The van der Waals surface area contributed by atoms with E-state index in [1.165, 1.54) is 23.1 Å². The van der Waals surface area contributed by atoms with Gasteiger partial charge in [-0.15, -0.1) is 0 Å². The zero-order valence-electron chi connectivity index (χ0n) is 10.6. The van der Waals surface area contributed by atoms with Crippen LogP contribution in [0.1, 0.15) is 16.2 Å². The van der Waals surface area contributed by atoms with Crippen LogP contribution in [-0.4, -0.2) is 25.6 Å². The number of anilines is 1. The number of nitrogens with one attached hydrogen (secondary N) is 1. The van der Waals surface area contributed by atoms with E-state index in [1.807, 2.05) is 0 Å². The van der Waals surface area contributed by atoms with E-state index in [0.29, 0.717) is 5.82 Å². The lowest BCUT2D eigenvalue weighted by atomic mass is 10.1. The number of nitro benzene ring substituents is 1. The second kappa shape index (κ2) is 5.34. The van der Waals surface area contributed by atoms with Crippen molar-refractivity contribution in [3.63, 3.8) is 0 Å². The summed E-state index contributed by atoms with van der Waals surface area (Å²) >= 11 is 0. The van der Waals surface area contributed by atoms with Gasteiger partial charge in [0.1, 0.15) is 12.0 Å². The first-order valence-electron chi connectivity index (χ1n) is 5.64. The molecule has 0 fully saturated rings. The Balaban J connectivity index is 2.09. The summed E-state index contributed by atoms with van der Waals surface area (Å²) in [6.07, 6.45) is 1.51. The van der Waals surface area contributed by atoms with Crippen LogP contribution in [0.4, 0.5) is 11.4 Å². The molecule has 9 nitrogen and oxygen atoms in total. The second-order valence-corrected chi connectivity index (χ2v) is 4.05.